The van der Waals surface area contributed by atoms with E-state index in [2.05, 4.69) is 10.9 Å². The highest BCUT2D eigenvalue weighted by atomic mass is 35.5. The zero-order valence-corrected chi connectivity index (χ0v) is 21.1. The third-order valence-corrected chi connectivity index (χ3v) is 5.92. The van der Waals surface area contributed by atoms with Gasteiger partial charge in [-0.05, 0) is 60.7 Å². The maximum Gasteiger partial charge on any atom is 0.311 e. The number of hydrazine groups is 1. The Balaban J connectivity index is 1.25. The van der Waals surface area contributed by atoms with Gasteiger partial charge in [-0.1, -0.05) is 23.7 Å². The summed E-state index contributed by atoms with van der Waals surface area (Å²) >= 11 is 5.78. The highest BCUT2D eigenvalue weighted by molar-refractivity contribution is 6.30. The summed E-state index contributed by atoms with van der Waals surface area (Å²) in [7, 11) is 1.55. The first-order valence-corrected chi connectivity index (χ1v) is 11.9. The number of anilines is 1. The van der Waals surface area contributed by atoms with Gasteiger partial charge in [0.1, 0.15) is 5.75 Å². The fraction of sp³-hybridized carbons (Fsp3) is 0.185. The molecule has 3 aromatic rings. The third kappa shape index (κ3) is 6.60. The summed E-state index contributed by atoms with van der Waals surface area (Å²) in [4.78, 5) is 50.5. The van der Waals surface area contributed by atoms with Crippen LogP contribution in [0.25, 0.3) is 0 Å². The lowest BCUT2D eigenvalue weighted by atomic mass is 10.1. The predicted molar refractivity (Wildman–Crippen MR) is 138 cm³/mol. The number of esters is 1. The summed E-state index contributed by atoms with van der Waals surface area (Å²) in [5.41, 5.74) is 5.27. The van der Waals surface area contributed by atoms with Crippen molar-refractivity contribution in [1.82, 2.24) is 10.9 Å². The lowest BCUT2D eigenvalue weighted by Crippen LogP contribution is -2.43. The SMILES string of the molecule is COc1ccccc1Oc1ccc(N2C[C@H](C(=O)OCC(=O)NNC(=O)c3ccc(Cl)cc3)CC2=O)cc1. The first kappa shape index (κ1) is 26.5. The van der Waals surface area contributed by atoms with E-state index in [4.69, 9.17) is 25.8 Å². The van der Waals surface area contributed by atoms with Crippen molar-refractivity contribution in [1.29, 1.82) is 0 Å². The number of carbonyl (C=O) groups excluding carboxylic acids is 4. The van der Waals surface area contributed by atoms with Crippen molar-refractivity contribution in [2.45, 2.75) is 6.42 Å². The molecule has 0 spiro atoms. The summed E-state index contributed by atoms with van der Waals surface area (Å²) in [6, 6.07) is 20.1. The minimum atomic E-state index is -0.733. The molecule has 4 rings (SSSR count). The van der Waals surface area contributed by atoms with Crippen molar-refractivity contribution < 1.29 is 33.4 Å². The summed E-state index contributed by atoms with van der Waals surface area (Å²) in [6.45, 7) is -0.501. The number of hydrogen-bond donors (Lipinski definition) is 2. The Morgan fingerprint density at radius 3 is 2.32 bits per heavy atom. The Morgan fingerprint density at radius 2 is 1.63 bits per heavy atom. The Labute approximate surface area is 223 Å². The van der Waals surface area contributed by atoms with Crippen molar-refractivity contribution in [2.24, 2.45) is 5.92 Å². The van der Waals surface area contributed by atoms with Gasteiger partial charge in [0, 0.05) is 29.2 Å². The Kier molecular flexibility index (Phi) is 8.44. The van der Waals surface area contributed by atoms with Crippen LogP contribution in [0.3, 0.4) is 0 Å². The van der Waals surface area contributed by atoms with Gasteiger partial charge in [0.25, 0.3) is 11.8 Å². The second-order valence-corrected chi connectivity index (χ2v) is 8.71. The van der Waals surface area contributed by atoms with Crippen molar-refractivity contribution in [3.8, 4) is 17.2 Å². The molecule has 0 unspecified atom stereocenters. The number of amides is 3. The molecule has 10 nitrogen and oxygen atoms in total. The van der Waals surface area contributed by atoms with Gasteiger partial charge in [0.05, 0.1) is 13.0 Å². The molecule has 0 aliphatic carbocycles. The molecule has 196 valence electrons. The van der Waals surface area contributed by atoms with Gasteiger partial charge in [-0.2, -0.15) is 0 Å². The normalized spacial score (nSPS) is 14.5. The van der Waals surface area contributed by atoms with E-state index in [-0.39, 0.29) is 24.4 Å². The lowest BCUT2D eigenvalue weighted by Gasteiger charge is -2.17. The molecule has 38 heavy (non-hydrogen) atoms. The number of ether oxygens (including phenoxy) is 3. The molecule has 3 aromatic carbocycles. The van der Waals surface area contributed by atoms with Crippen LogP contribution >= 0.6 is 11.6 Å². The van der Waals surface area contributed by atoms with Gasteiger partial charge in [-0.3, -0.25) is 30.0 Å². The molecule has 0 saturated carbocycles. The molecule has 3 amide bonds. The Hall–Kier alpha value is -4.57. The minimum absolute atomic E-state index is 0.0484. The van der Waals surface area contributed by atoms with Gasteiger partial charge < -0.3 is 19.1 Å². The van der Waals surface area contributed by atoms with E-state index in [1.54, 1.807) is 43.5 Å². The van der Waals surface area contributed by atoms with E-state index in [9.17, 15) is 19.2 Å². The maximum absolute atomic E-state index is 12.6. The summed E-state index contributed by atoms with van der Waals surface area (Å²) in [6.07, 6.45) is -0.0484. The monoisotopic (exact) mass is 537 g/mol. The quantitative estimate of drug-likeness (QED) is 0.333. The molecule has 1 heterocycles. The molecule has 0 aromatic heterocycles. The van der Waals surface area contributed by atoms with Crippen LogP contribution in [0.15, 0.2) is 72.8 Å². The van der Waals surface area contributed by atoms with Gasteiger partial charge in [-0.25, -0.2) is 0 Å². The standard InChI is InChI=1S/C27H24ClN3O7/c1-36-22-4-2-3-5-23(22)38-21-12-10-20(11-13-21)31-15-18(14-25(31)33)27(35)37-16-24(32)29-30-26(34)17-6-8-19(28)9-7-17/h2-13,18H,14-16H2,1H3,(H,29,32)(H,30,34)/t18-/m1/s1. The van der Waals surface area contributed by atoms with E-state index >= 15 is 0 Å². The Morgan fingerprint density at radius 1 is 0.947 bits per heavy atom. The van der Waals surface area contributed by atoms with Crippen molar-refractivity contribution >= 4 is 41.0 Å². The van der Waals surface area contributed by atoms with Crippen molar-refractivity contribution in [2.75, 3.05) is 25.2 Å². The van der Waals surface area contributed by atoms with Crippen LogP contribution in [0, 0.1) is 5.92 Å². The average molecular weight is 538 g/mol. The fourth-order valence-electron chi connectivity index (χ4n) is 3.73. The van der Waals surface area contributed by atoms with Gasteiger partial charge in [0.15, 0.2) is 18.1 Å². The molecule has 0 bridgehead atoms. The van der Waals surface area contributed by atoms with E-state index < -0.39 is 30.3 Å². The number of para-hydroxylation sites is 2. The smallest absolute Gasteiger partial charge is 0.311 e. The second kappa shape index (κ2) is 12.1. The molecule has 1 aliphatic heterocycles. The lowest BCUT2D eigenvalue weighted by molar-refractivity contribution is -0.152. The zero-order valence-electron chi connectivity index (χ0n) is 20.3. The molecule has 0 radical (unpaired) electrons. The summed E-state index contributed by atoms with van der Waals surface area (Å²) in [5.74, 6) is -1.26. The van der Waals surface area contributed by atoms with Crippen molar-refractivity contribution in [3.05, 3.63) is 83.4 Å². The Bertz CT molecular complexity index is 1330. The largest absolute Gasteiger partial charge is 0.493 e. The molecular weight excluding hydrogens is 514 g/mol. The van der Waals surface area contributed by atoms with E-state index in [1.165, 1.54) is 29.2 Å². The third-order valence-electron chi connectivity index (χ3n) is 5.67. The van der Waals surface area contributed by atoms with Gasteiger partial charge in [0.2, 0.25) is 5.91 Å². The van der Waals surface area contributed by atoms with Crippen LogP contribution in [-0.2, 0) is 19.1 Å². The molecule has 1 aliphatic rings. The molecule has 2 N–H and O–H groups in total. The molecular formula is C27H24ClN3O7. The first-order valence-electron chi connectivity index (χ1n) is 11.6. The highest BCUT2D eigenvalue weighted by Crippen LogP contribution is 2.33. The number of benzene rings is 3. The zero-order chi connectivity index (χ0) is 27.1. The highest BCUT2D eigenvalue weighted by Gasteiger charge is 2.36. The second-order valence-electron chi connectivity index (χ2n) is 8.27. The number of methoxy groups -OCH3 is 1. The minimum Gasteiger partial charge on any atom is -0.493 e. The van der Waals surface area contributed by atoms with Crippen LogP contribution in [0.5, 0.6) is 17.2 Å². The number of rotatable bonds is 8. The molecule has 11 heteroatoms. The number of halogens is 1. The average Bonchev–Trinajstić information content (AvgIpc) is 3.33. The van der Waals surface area contributed by atoms with E-state index in [0.717, 1.165) is 0 Å². The van der Waals surface area contributed by atoms with Crippen LogP contribution in [-0.4, -0.2) is 44.0 Å². The van der Waals surface area contributed by atoms with Crippen LogP contribution in [0.1, 0.15) is 16.8 Å². The topological polar surface area (TPSA) is 123 Å². The number of nitrogens with one attached hydrogen (secondary N) is 2. The van der Waals surface area contributed by atoms with Gasteiger partial charge >= 0.3 is 5.97 Å². The van der Waals surface area contributed by atoms with E-state index in [0.29, 0.717) is 28.0 Å². The molecule has 1 atom stereocenters. The number of carbonyl (C=O) groups is 4. The number of hydrogen-bond acceptors (Lipinski definition) is 7. The van der Waals surface area contributed by atoms with Crippen LogP contribution < -0.4 is 25.2 Å². The number of nitrogens with zero attached hydrogens (tertiary/aromatic N) is 1. The maximum atomic E-state index is 12.6. The molecule has 1 saturated heterocycles. The van der Waals surface area contributed by atoms with Gasteiger partial charge in [-0.15, -0.1) is 0 Å². The predicted octanol–water partition coefficient (Wildman–Crippen LogP) is 3.50. The molecule has 1 fully saturated rings. The summed E-state index contributed by atoms with van der Waals surface area (Å²) < 4.78 is 16.2. The van der Waals surface area contributed by atoms with E-state index in [1.807, 2.05) is 12.1 Å². The van der Waals surface area contributed by atoms with Crippen LogP contribution in [0.2, 0.25) is 5.02 Å². The van der Waals surface area contributed by atoms with Crippen molar-refractivity contribution in [3.63, 3.8) is 0 Å². The first-order chi connectivity index (χ1) is 18.3. The summed E-state index contributed by atoms with van der Waals surface area (Å²) in [5, 5.41) is 0.469. The van der Waals surface area contributed by atoms with Crippen LogP contribution in [0.4, 0.5) is 5.69 Å². The fourth-order valence-corrected chi connectivity index (χ4v) is 3.86.